The molecule has 1 N–H and O–H groups in total. The fourth-order valence-electron chi connectivity index (χ4n) is 3.46. The number of nitrogens with one attached hydrogen (secondary N) is 1. The molecule has 1 aromatic rings. The summed E-state index contributed by atoms with van der Waals surface area (Å²) in [5.74, 6) is 0.634. The Balaban J connectivity index is 1.69. The molecule has 2 saturated heterocycles. The number of nitrogens with zero attached hydrogens (tertiary/aromatic N) is 1. The topological polar surface area (TPSA) is 49.4 Å². The maximum Gasteiger partial charge on any atom is 0.244 e. The van der Waals surface area contributed by atoms with Gasteiger partial charge in [-0.05, 0) is 67.1 Å². The van der Waals surface area contributed by atoms with E-state index in [0.717, 1.165) is 28.0 Å². The molecule has 4 nitrogen and oxygen atoms in total. The van der Waals surface area contributed by atoms with Crippen molar-refractivity contribution in [1.29, 1.82) is 0 Å². The Labute approximate surface area is 139 Å². The van der Waals surface area contributed by atoms with E-state index in [1.807, 2.05) is 6.92 Å². The Hall–Kier alpha value is 0.0500. The summed E-state index contributed by atoms with van der Waals surface area (Å²) in [6.07, 6.45) is 4.45. The van der Waals surface area contributed by atoms with Crippen LogP contribution in [0.15, 0.2) is 14.7 Å². The van der Waals surface area contributed by atoms with Gasteiger partial charge in [0.2, 0.25) is 10.0 Å². The minimum atomic E-state index is -3.33. The highest BCUT2D eigenvalue weighted by Gasteiger charge is 2.34. The van der Waals surface area contributed by atoms with Crippen LogP contribution in [0.2, 0.25) is 0 Å². The maximum absolute atomic E-state index is 12.7. The Morgan fingerprint density at radius 2 is 2.05 bits per heavy atom. The molecule has 0 radical (unpaired) electrons. The fourth-order valence-corrected chi connectivity index (χ4v) is 7.31. The minimum absolute atomic E-state index is 0.469. The molecule has 3 heterocycles. The van der Waals surface area contributed by atoms with Gasteiger partial charge in [-0.1, -0.05) is 0 Å². The van der Waals surface area contributed by atoms with Crippen LogP contribution in [0.25, 0.3) is 0 Å². The van der Waals surface area contributed by atoms with Gasteiger partial charge >= 0.3 is 0 Å². The average Bonchev–Trinajstić information content (AvgIpc) is 3.09. The number of piperidine rings is 1. The monoisotopic (exact) mass is 392 g/mol. The van der Waals surface area contributed by atoms with Gasteiger partial charge in [-0.3, -0.25) is 0 Å². The second-order valence-corrected chi connectivity index (χ2v) is 10.5. The molecule has 1 aromatic heterocycles. The molecule has 0 bridgehead atoms. The molecule has 1 unspecified atom stereocenters. The Morgan fingerprint density at radius 1 is 1.33 bits per heavy atom. The predicted octanol–water partition coefficient (Wildman–Crippen LogP) is 2.97. The third kappa shape index (κ3) is 3.22. The molecule has 118 valence electrons. The third-order valence-corrected chi connectivity index (χ3v) is 8.33. The molecule has 21 heavy (non-hydrogen) atoms. The Bertz CT molecular complexity index is 600. The highest BCUT2D eigenvalue weighted by Crippen LogP contribution is 2.34. The summed E-state index contributed by atoms with van der Waals surface area (Å²) in [6, 6.07) is 2.34. The minimum Gasteiger partial charge on any atom is -0.314 e. The van der Waals surface area contributed by atoms with Gasteiger partial charge in [0.05, 0.1) is 8.68 Å². The lowest BCUT2D eigenvalue weighted by Gasteiger charge is -2.34. The molecule has 0 amide bonds. The number of hydrogen-bond donors (Lipinski definition) is 1. The van der Waals surface area contributed by atoms with Gasteiger partial charge in [-0.2, -0.15) is 4.31 Å². The number of aryl methyl sites for hydroxylation is 1. The van der Waals surface area contributed by atoms with E-state index >= 15 is 0 Å². The van der Waals surface area contributed by atoms with Crippen molar-refractivity contribution in [3.63, 3.8) is 0 Å². The van der Waals surface area contributed by atoms with Gasteiger partial charge in [-0.15, -0.1) is 11.3 Å². The Morgan fingerprint density at radius 3 is 2.57 bits per heavy atom. The van der Waals surface area contributed by atoms with Crippen molar-refractivity contribution < 1.29 is 8.42 Å². The molecular weight excluding hydrogens is 372 g/mol. The highest BCUT2D eigenvalue weighted by atomic mass is 79.9. The maximum atomic E-state index is 12.7. The van der Waals surface area contributed by atoms with Crippen LogP contribution in [0.3, 0.4) is 0 Å². The van der Waals surface area contributed by atoms with E-state index in [-0.39, 0.29) is 0 Å². The SMILES string of the molecule is Cc1sc(Br)cc1S(=O)(=O)N1CCC(C2CCCN2)CC1. The zero-order chi connectivity index (χ0) is 15.0. The van der Waals surface area contributed by atoms with Crippen LogP contribution < -0.4 is 5.32 Å². The molecule has 0 aromatic carbocycles. The molecule has 2 aliphatic rings. The first-order chi connectivity index (χ1) is 9.98. The van der Waals surface area contributed by atoms with Crippen LogP contribution >= 0.6 is 27.3 Å². The van der Waals surface area contributed by atoms with E-state index < -0.39 is 10.0 Å². The summed E-state index contributed by atoms with van der Waals surface area (Å²) in [7, 11) is -3.33. The largest absolute Gasteiger partial charge is 0.314 e. The van der Waals surface area contributed by atoms with Crippen LogP contribution in [0.1, 0.15) is 30.6 Å². The summed E-state index contributed by atoms with van der Waals surface area (Å²) in [4.78, 5) is 1.33. The molecule has 3 rings (SSSR count). The zero-order valence-electron chi connectivity index (χ0n) is 12.1. The second-order valence-electron chi connectivity index (χ2n) is 5.92. The van der Waals surface area contributed by atoms with Gasteiger partial charge in [0.25, 0.3) is 0 Å². The Kier molecular flexibility index (Phi) is 4.76. The van der Waals surface area contributed by atoms with E-state index in [0.29, 0.717) is 29.9 Å². The van der Waals surface area contributed by atoms with Gasteiger partial charge in [0, 0.05) is 24.0 Å². The first-order valence-corrected chi connectivity index (χ1v) is 10.5. The van der Waals surface area contributed by atoms with Crippen LogP contribution in [-0.4, -0.2) is 38.4 Å². The quantitative estimate of drug-likeness (QED) is 0.859. The van der Waals surface area contributed by atoms with Crippen molar-refractivity contribution in [2.24, 2.45) is 5.92 Å². The smallest absolute Gasteiger partial charge is 0.244 e. The standard InChI is InChI=1S/C14H21BrN2O2S2/c1-10-13(9-14(15)20-10)21(18,19)17-7-4-11(5-8-17)12-3-2-6-16-12/h9,11-12,16H,2-8H2,1H3. The third-order valence-electron chi connectivity index (χ3n) is 4.63. The highest BCUT2D eigenvalue weighted by molar-refractivity contribution is 9.11. The summed E-state index contributed by atoms with van der Waals surface area (Å²) >= 11 is 4.86. The number of sulfonamides is 1. The number of hydrogen-bond acceptors (Lipinski definition) is 4. The lowest BCUT2D eigenvalue weighted by Crippen LogP contribution is -2.43. The normalized spacial score (nSPS) is 25.5. The van der Waals surface area contributed by atoms with E-state index in [1.165, 1.54) is 24.2 Å². The predicted molar refractivity (Wildman–Crippen MR) is 89.3 cm³/mol. The van der Waals surface area contributed by atoms with E-state index in [4.69, 9.17) is 0 Å². The van der Waals surface area contributed by atoms with Gasteiger partial charge in [0.1, 0.15) is 0 Å². The average molecular weight is 393 g/mol. The van der Waals surface area contributed by atoms with Crippen molar-refractivity contribution >= 4 is 37.3 Å². The molecular formula is C14H21BrN2O2S2. The van der Waals surface area contributed by atoms with Crippen LogP contribution in [-0.2, 0) is 10.0 Å². The van der Waals surface area contributed by atoms with E-state index in [9.17, 15) is 8.42 Å². The van der Waals surface area contributed by atoms with Gasteiger partial charge in [-0.25, -0.2) is 8.42 Å². The zero-order valence-corrected chi connectivity index (χ0v) is 15.4. The van der Waals surface area contributed by atoms with E-state index in [1.54, 1.807) is 10.4 Å². The summed E-state index contributed by atoms with van der Waals surface area (Å²) in [5.41, 5.74) is 0. The molecule has 0 saturated carbocycles. The molecule has 0 aliphatic carbocycles. The molecule has 2 aliphatic heterocycles. The van der Waals surface area contributed by atoms with Crippen molar-refractivity contribution in [2.75, 3.05) is 19.6 Å². The lowest BCUT2D eigenvalue weighted by molar-refractivity contribution is 0.234. The van der Waals surface area contributed by atoms with Crippen molar-refractivity contribution in [3.05, 3.63) is 14.7 Å². The molecule has 7 heteroatoms. The second kappa shape index (κ2) is 6.28. The van der Waals surface area contributed by atoms with Crippen LogP contribution in [0.5, 0.6) is 0 Å². The van der Waals surface area contributed by atoms with Gasteiger partial charge < -0.3 is 5.32 Å². The summed E-state index contributed by atoms with van der Waals surface area (Å²) < 4.78 is 28.0. The van der Waals surface area contributed by atoms with Crippen molar-refractivity contribution in [3.8, 4) is 0 Å². The van der Waals surface area contributed by atoms with Crippen molar-refractivity contribution in [2.45, 2.75) is 43.5 Å². The van der Waals surface area contributed by atoms with Gasteiger partial charge in [0.15, 0.2) is 0 Å². The summed E-state index contributed by atoms with van der Waals surface area (Å²) in [5, 5.41) is 3.55. The van der Waals surface area contributed by atoms with Crippen LogP contribution in [0.4, 0.5) is 0 Å². The first-order valence-electron chi connectivity index (χ1n) is 7.48. The molecule has 0 spiro atoms. The number of thiophene rings is 1. The molecule has 2 fully saturated rings. The number of halogens is 1. The molecule has 1 atom stereocenters. The summed E-state index contributed by atoms with van der Waals surface area (Å²) in [6.45, 7) is 4.29. The number of rotatable bonds is 3. The van der Waals surface area contributed by atoms with Crippen molar-refractivity contribution in [1.82, 2.24) is 9.62 Å². The first kappa shape index (κ1) is 15.9. The fraction of sp³-hybridized carbons (Fsp3) is 0.714. The lowest BCUT2D eigenvalue weighted by atomic mass is 9.89. The van der Waals surface area contributed by atoms with E-state index in [2.05, 4.69) is 21.2 Å². The van der Waals surface area contributed by atoms with Crippen LogP contribution in [0, 0.1) is 12.8 Å².